The van der Waals surface area contributed by atoms with Gasteiger partial charge in [0.1, 0.15) is 5.54 Å². The Hall–Kier alpha value is -1.23. The maximum Gasteiger partial charge on any atom is 0.321 e. The molecule has 5 heteroatoms. The van der Waals surface area contributed by atoms with E-state index in [1.165, 1.54) is 19.4 Å². The number of imidazole rings is 1. The number of halogens is 1. The zero-order valence-corrected chi connectivity index (χ0v) is 6.67. The number of aromatic nitrogens is 2. The van der Waals surface area contributed by atoms with E-state index >= 15 is 0 Å². The molecular weight excluding hydrogens is 161 g/mol. The molecule has 1 aromatic heterocycles. The van der Waals surface area contributed by atoms with Crippen LogP contribution in [0.2, 0.25) is 0 Å². The molecule has 0 aliphatic carbocycles. The summed E-state index contributed by atoms with van der Waals surface area (Å²) in [4.78, 5) is 16.8. The summed E-state index contributed by atoms with van der Waals surface area (Å²) in [7, 11) is 0. The van der Waals surface area contributed by atoms with Gasteiger partial charge < -0.3 is 10.7 Å². The Labute approximate surface area is 69.0 Å². The van der Waals surface area contributed by atoms with Crippen molar-refractivity contribution < 1.29 is 9.18 Å². The lowest BCUT2D eigenvalue weighted by atomic mass is 9.99. The Bertz CT molecular complexity index is 268. The van der Waals surface area contributed by atoms with Gasteiger partial charge in [0.25, 0.3) is 0 Å². The Kier molecular flexibility index (Phi) is 2.23. The summed E-state index contributed by atoms with van der Waals surface area (Å²) in [5, 5.41) is 0. The smallest absolute Gasteiger partial charge is 0.321 e. The number of hydrogen-bond donors (Lipinski definition) is 2. The second-order valence-corrected chi connectivity index (χ2v) is 2.94. The van der Waals surface area contributed by atoms with Gasteiger partial charge in [0.15, 0.2) is 0 Å². The first kappa shape index (κ1) is 8.86. The molecule has 0 unspecified atom stereocenters. The highest BCUT2D eigenvalue weighted by molar-refractivity contribution is 5.79. The standard InChI is InChI=1S/C7H10FN3O/c1-7(9,6(8)12)2-5-3-10-4-11-5/h3-4H,2,9H2,1H3,(H,10,11)/t7-/m0/s1. The van der Waals surface area contributed by atoms with Crippen LogP contribution in [0.25, 0.3) is 0 Å². The summed E-state index contributed by atoms with van der Waals surface area (Å²) >= 11 is 0. The summed E-state index contributed by atoms with van der Waals surface area (Å²) in [5.74, 6) is 0. The van der Waals surface area contributed by atoms with Crippen LogP contribution in [0.5, 0.6) is 0 Å². The van der Waals surface area contributed by atoms with Crippen molar-refractivity contribution in [1.82, 2.24) is 9.97 Å². The van der Waals surface area contributed by atoms with Crippen LogP contribution in [-0.4, -0.2) is 21.5 Å². The van der Waals surface area contributed by atoms with E-state index in [9.17, 15) is 9.18 Å². The van der Waals surface area contributed by atoms with Crippen molar-refractivity contribution in [2.45, 2.75) is 18.9 Å². The fourth-order valence-electron chi connectivity index (χ4n) is 0.846. The SMILES string of the molecule is C[C@](N)(Cc1cnc[nH]1)C(=O)F. The van der Waals surface area contributed by atoms with E-state index in [0.29, 0.717) is 5.69 Å². The number of nitrogens with two attached hydrogens (primary N) is 1. The second-order valence-electron chi connectivity index (χ2n) is 2.94. The molecule has 66 valence electrons. The molecular formula is C7H10FN3O. The van der Waals surface area contributed by atoms with E-state index in [0.717, 1.165) is 0 Å². The molecule has 0 aromatic carbocycles. The molecule has 0 fully saturated rings. The fourth-order valence-corrected chi connectivity index (χ4v) is 0.846. The molecule has 1 heterocycles. The maximum absolute atomic E-state index is 12.3. The van der Waals surface area contributed by atoms with Crippen LogP contribution < -0.4 is 5.73 Å². The lowest BCUT2D eigenvalue weighted by molar-refractivity contribution is -0.134. The Morgan fingerprint density at radius 2 is 2.58 bits per heavy atom. The zero-order valence-electron chi connectivity index (χ0n) is 6.67. The van der Waals surface area contributed by atoms with Gasteiger partial charge in [0.2, 0.25) is 0 Å². The number of aromatic amines is 1. The van der Waals surface area contributed by atoms with Crippen LogP contribution in [-0.2, 0) is 11.2 Å². The highest BCUT2D eigenvalue weighted by atomic mass is 19.1. The third kappa shape index (κ3) is 1.88. The minimum absolute atomic E-state index is 0.127. The number of nitrogens with one attached hydrogen (secondary N) is 1. The molecule has 1 atom stereocenters. The summed E-state index contributed by atoms with van der Waals surface area (Å²) in [6.45, 7) is 1.34. The van der Waals surface area contributed by atoms with Crippen LogP contribution in [0.3, 0.4) is 0 Å². The number of carbonyl (C=O) groups excluding carboxylic acids is 1. The van der Waals surface area contributed by atoms with Gasteiger partial charge in [-0.2, -0.15) is 4.39 Å². The quantitative estimate of drug-likeness (QED) is 0.636. The second kappa shape index (κ2) is 3.02. The minimum atomic E-state index is -1.52. The van der Waals surface area contributed by atoms with Gasteiger partial charge in [0.05, 0.1) is 6.33 Å². The third-order valence-corrected chi connectivity index (χ3v) is 1.56. The molecule has 0 aliphatic heterocycles. The summed E-state index contributed by atoms with van der Waals surface area (Å²) in [6, 6.07) is -1.52. The number of rotatable bonds is 3. The lowest BCUT2D eigenvalue weighted by Crippen LogP contribution is -2.45. The largest absolute Gasteiger partial charge is 0.348 e. The summed E-state index contributed by atoms with van der Waals surface area (Å²) in [5.41, 5.74) is 4.57. The van der Waals surface area contributed by atoms with Gasteiger partial charge in [-0.3, -0.25) is 4.79 Å². The molecule has 1 aromatic rings. The molecule has 0 amide bonds. The average Bonchev–Trinajstić information content (AvgIpc) is 2.38. The van der Waals surface area contributed by atoms with Crippen molar-refractivity contribution in [2.75, 3.05) is 0 Å². The van der Waals surface area contributed by atoms with Crippen molar-refractivity contribution in [2.24, 2.45) is 5.73 Å². The average molecular weight is 171 g/mol. The first-order valence-corrected chi connectivity index (χ1v) is 3.48. The van der Waals surface area contributed by atoms with Crippen molar-refractivity contribution in [3.05, 3.63) is 18.2 Å². The van der Waals surface area contributed by atoms with Crippen LogP contribution in [0.15, 0.2) is 12.5 Å². The molecule has 0 radical (unpaired) electrons. The van der Waals surface area contributed by atoms with E-state index in [4.69, 9.17) is 5.73 Å². The van der Waals surface area contributed by atoms with E-state index < -0.39 is 11.6 Å². The molecule has 0 saturated carbocycles. The van der Waals surface area contributed by atoms with Crippen molar-refractivity contribution >= 4 is 6.04 Å². The predicted octanol–water partition coefficient (Wildman–Crippen LogP) is 0.166. The van der Waals surface area contributed by atoms with Crippen molar-refractivity contribution in [3.63, 3.8) is 0 Å². The van der Waals surface area contributed by atoms with Gasteiger partial charge >= 0.3 is 6.04 Å². The molecule has 0 saturated heterocycles. The van der Waals surface area contributed by atoms with E-state index in [1.807, 2.05) is 0 Å². The van der Waals surface area contributed by atoms with Crippen molar-refractivity contribution in [3.8, 4) is 0 Å². The zero-order chi connectivity index (χ0) is 9.19. The Balaban J connectivity index is 2.69. The third-order valence-electron chi connectivity index (χ3n) is 1.56. The van der Waals surface area contributed by atoms with Crippen molar-refractivity contribution in [1.29, 1.82) is 0 Å². The van der Waals surface area contributed by atoms with Gasteiger partial charge in [-0.15, -0.1) is 0 Å². The molecule has 12 heavy (non-hydrogen) atoms. The highest BCUT2D eigenvalue weighted by Crippen LogP contribution is 2.09. The number of hydrogen-bond acceptors (Lipinski definition) is 3. The fraction of sp³-hybridized carbons (Fsp3) is 0.429. The van der Waals surface area contributed by atoms with Crippen LogP contribution in [0, 0.1) is 0 Å². The van der Waals surface area contributed by atoms with Crippen LogP contribution in [0.4, 0.5) is 4.39 Å². The van der Waals surface area contributed by atoms with Crippen LogP contribution in [0.1, 0.15) is 12.6 Å². The topological polar surface area (TPSA) is 71.8 Å². The summed E-state index contributed by atoms with van der Waals surface area (Å²) in [6.07, 6.45) is 3.09. The molecule has 0 bridgehead atoms. The van der Waals surface area contributed by atoms with Gasteiger partial charge in [-0.25, -0.2) is 4.98 Å². The van der Waals surface area contributed by atoms with E-state index in [2.05, 4.69) is 9.97 Å². The molecule has 0 spiro atoms. The van der Waals surface area contributed by atoms with Gasteiger partial charge in [0, 0.05) is 18.3 Å². The molecule has 0 aliphatic rings. The van der Waals surface area contributed by atoms with E-state index in [-0.39, 0.29) is 6.42 Å². The normalized spacial score (nSPS) is 15.6. The first-order valence-electron chi connectivity index (χ1n) is 3.48. The summed E-state index contributed by atoms with van der Waals surface area (Å²) < 4.78 is 12.3. The highest BCUT2D eigenvalue weighted by Gasteiger charge is 2.29. The minimum Gasteiger partial charge on any atom is -0.348 e. The molecule has 1 rings (SSSR count). The Morgan fingerprint density at radius 3 is 3.00 bits per heavy atom. The predicted molar refractivity (Wildman–Crippen MR) is 41.0 cm³/mol. The maximum atomic E-state index is 12.3. The Morgan fingerprint density at radius 1 is 1.92 bits per heavy atom. The number of carbonyl (C=O) groups is 1. The van der Waals surface area contributed by atoms with Gasteiger partial charge in [-0.05, 0) is 6.92 Å². The number of nitrogens with zero attached hydrogens (tertiary/aromatic N) is 1. The monoisotopic (exact) mass is 171 g/mol. The first-order chi connectivity index (χ1) is 5.52. The van der Waals surface area contributed by atoms with Gasteiger partial charge in [-0.1, -0.05) is 0 Å². The lowest BCUT2D eigenvalue weighted by Gasteiger charge is -2.16. The van der Waals surface area contributed by atoms with E-state index in [1.54, 1.807) is 0 Å². The molecule has 3 N–H and O–H groups in total. The number of H-pyrrole nitrogens is 1. The van der Waals surface area contributed by atoms with Crippen LogP contribution >= 0.6 is 0 Å². The molecule has 4 nitrogen and oxygen atoms in total.